The van der Waals surface area contributed by atoms with E-state index in [0.717, 1.165) is 0 Å². The van der Waals surface area contributed by atoms with Gasteiger partial charge >= 0.3 is 39.7 Å². The third kappa shape index (κ3) is 6.52. The molecule has 0 aliphatic heterocycles. The Morgan fingerprint density at radius 2 is 1.56 bits per heavy atom. The van der Waals surface area contributed by atoms with Crippen LogP contribution in [0, 0.1) is 10.8 Å². The fourth-order valence-electron chi connectivity index (χ4n) is 3.22. The van der Waals surface area contributed by atoms with Gasteiger partial charge in [-0.25, -0.2) is 0 Å². The molecule has 1 unspecified atom stereocenters. The van der Waals surface area contributed by atoms with Gasteiger partial charge in [0.1, 0.15) is 12.4 Å². The second kappa shape index (κ2) is 9.20. The van der Waals surface area contributed by atoms with E-state index in [4.69, 9.17) is 9.47 Å². The predicted molar refractivity (Wildman–Crippen MR) is 95.7 cm³/mol. The van der Waals surface area contributed by atoms with E-state index >= 15 is 0 Å². The molecular weight excluding hydrogens is 351 g/mol. The van der Waals surface area contributed by atoms with Crippen LogP contribution < -0.4 is 34.3 Å². The number of benzene rings is 1. The van der Waals surface area contributed by atoms with E-state index in [2.05, 4.69) is 0 Å². The summed E-state index contributed by atoms with van der Waals surface area (Å²) in [6, 6.07) is 8.64. The van der Waals surface area contributed by atoms with Crippen LogP contribution in [0.25, 0.3) is 0 Å². The topological polar surface area (TPSA) is 72.8 Å². The Hall–Kier alpha value is -0.110. The second-order valence-corrected chi connectivity index (χ2v) is 9.51. The largest absolute Gasteiger partial charge is 1.00 e. The summed E-state index contributed by atoms with van der Waals surface area (Å²) in [7, 11) is -4.57. The van der Waals surface area contributed by atoms with Gasteiger partial charge in [-0.2, -0.15) is 8.42 Å². The van der Waals surface area contributed by atoms with Crippen LogP contribution >= 0.6 is 0 Å². The monoisotopic (exact) mass is 381 g/mol. The number of ether oxygens (including phenoxy) is 2. The third-order valence-electron chi connectivity index (χ3n) is 3.94. The van der Waals surface area contributed by atoms with Crippen molar-refractivity contribution in [3.8, 4) is 5.75 Å². The molecule has 1 aromatic carbocycles. The first-order chi connectivity index (χ1) is 10.8. The molecule has 0 saturated carbocycles. The molecule has 0 aromatic heterocycles. The summed E-state index contributed by atoms with van der Waals surface area (Å²) >= 11 is 0. The molecule has 0 saturated heterocycles. The molecule has 1 atom stereocenters. The van der Waals surface area contributed by atoms with E-state index in [0.29, 0.717) is 18.8 Å². The van der Waals surface area contributed by atoms with Crippen LogP contribution in [0.4, 0.5) is 0 Å². The number of hydrogen-bond donors (Lipinski definition) is 1. The average Bonchev–Trinajstić information content (AvgIpc) is 2.40. The Bertz CT molecular complexity index is 623. The Morgan fingerprint density at radius 3 is 1.96 bits per heavy atom. The van der Waals surface area contributed by atoms with Gasteiger partial charge in [0.05, 0.1) is 0 Å². The quantitative estimate of drug-likeness (QED) is 0.540. The van der Waals surface area contributed by atoms with E-state index in [-0.39, 0.29) is 41.6 Å². The molecule has 0 amide bonds. The zero-order valence-corrected chi connectivity index (χ0v) is 19.3. The van der Waals surface area contributed by atoms with Crippen LogP contribution in [0.5, 0.6) is 5.75 Å². The molecule has 0 aliphatic rings. The molecule has 0 radical (unpaired) electrons. The fourth-order valence-corrected chi connectivity index (χ4v) is 4.42. The van der Waals surface area contributed by atoms with Crippen LogP contribution in [0.15, 0.2) is 30.3 Å². The first kappa shape index (κ1) is 24.9. The summed E-state index contributed by atoms with van der Waals surface area (Å²) < 4.78 is 46.4. The summed E-state index contributed by atoms with van der Waals surface area (Å²) in [6.07, 6.45) is 0.514. The molecule has 0 heterocycles. The molecule has 25 heavy (non-hydrogen) atoms. The molecule has 0 bridgehead atoms. The predicted octanol–water partition coefficient (Wildman–Crippen LogP) is 1.15. The molecule has 1 N–H and O–H groups in total. The van der Waals surface area contributed by atoms with Crippen molar-refractivity contribution in [1.82, 2.24) is 0 Å². The summed E-state index contributed by atoms with van der Waals surface area (Å²) in [4.78, 5) is -1.90. The summed E-state index contributed by atoms with van der Waals surface area (Å²) in [6.45, 7) is 11.5. The van der Waals surface area contributed by atoms with Crippen molar-refractivity contribution in [1.29, 1.82) is 0 Å². The van der Waals surface area contributed by atoms with Crippen molar-refractivity contribution >= 4 is 10.1 Å². The summed E-state index contributed by atoms with van der Waals surface area (Å²) in [5.74, 6) is 0.372. The molecule has 5 nitrogen and oxygen atoms in total. The Morgan fingerprint density at radius 1 is 1.04 bits per heavy atom. The van der Waals surface area contributed by atoms with Gasteiger partial charge in [-0.05, 0) is 30.9 Å². The van der Waals surface area contributed by atoms with Crippen LogP contribution in [-0.4, -0.2) is 31.1 Å². The number of para-hydroxylation sites is 1. The normalized spacial score (nSPS) is 15.2. The van der Waals surface area contributed by atoms with Crippen molar-refractivity contribution in [2.45, 2.75) is 52.9 Å². The van der Waals surface area contributed by atoms with Crippen molar-refractivity contribution < 1.29 is 52.0 Å². The first-order valence-electron chi connectivity index (χ1n) is 8.13. The summed E-state index contributed by atoms with van der Waals surface area (Å²) in [5.41, 5.74) is -1.06. The Labute approximate surface area is 174 Å². The smallest absolute Gasteiger partial charge is 0.466 e. The van der Waals surface area contributed by atoms with Crippen LogP contribution in [-0.2, 0) is 14.9 Å². The fraction of sp³-hybridized carbons (Fsp3) is 0.667. The van der Waals surface area contributed by atoms with E-state index in [9.17, 15) is 13.0 Å². The number of hydrogen-bond acceptors (Lipinski definition) is 4. The van der Waals surface area contributed by atoms with Gasteiger partial charge in [0.15, 0.2) is 0 Å². The minimum atomic E-state index is -4.57. The Balaban J connectivity index is 0.00000576. The molecule has 7 heteroatoms. The van der Waals surface area contributed by atoms with E-state index in [1.54, 1.807) is 45.0 Å². The Kier molecular flexibility index (Phi) is 9.16. The van der Waals surface area contributed by atoms with E-state index in [1.165, 1.54) is 0 Å². The molecule has 0 spiro atoms. The van der Waals surface area contributed by atoms with Crippen molar-refractivity contribution in [3.05, 3.63) is 30.3 Å². The van der Waals surface area contributed by atoms with Gasteiger partial charge in [-0.3, -0.25) is 4.55 Å². The molecule has 0 aliphatic carbocycles. The zero-order valence-electron chi connectivity index (χ0n) is 16.5. The molecule has 1 rings (SSSR count). The molecule has 138 valence electrons. The van der Waals surface area contributed by atoms with Crippen molar-refractivity contribution in [2.75, 3.05) is 13.2 Å². The number of rotatable bonds is 8. The summed E-state index contributed by atoms with van der Waals surface area (Å²) in [5, 5.41) is 0. The molecule has 0 fully saturated rings. The average molecular weight is 381 g/mol. The third-order valence-corrected chi connectivity index (χ3v) is 5.53. The molecular formula is C18H30NaO5S+. The zero-order chi connectivity index (χ0) is 18.6. The van der Waals surface area contributed by atoms with E-state index in [1.807, 2.05) is 26.8 Å². The van der Waals surface area contributed by atoms with Gasteiger partial charge in [-0.15, -0.1) is 0 Å². The van der Waals surface area contributed by atoms with Gasteiger partial charge in [0, 0.05) is 12.0 Å². The van der Waals surface area contributed by atoms with Crippen molar-refractivity contribution in [3.63, 3.8) is 0 Å². The van der Waals surface area contributed by atoms with Gasteiger partial charge in [-0.1, -0.05) is 52.8 Å². The maximum Gasteiger partial charge on any atom is 1.00 e. The van der Waals surface area contributed by atoms with Crippen LogP contribution in [0.3, 0.4) is 0 Å². The van der Waals surface area contributed by atoms with Gasteiger partial charge in [0.2, 0.25) is 0 Å². The maximum absolute atomic E-state index is 12.4. The minimum Gasteiger partial charge on any atom is -0.466 e. The van der Waals surface area contributed by atoms with Crippen LogP contribution in [0.1, 0.15) is 48.0 Å². The maximum atomic E-state index is 12.4. The minimum absolute atomic E-state index is 0. The second-order valence-electron chi connectivity index (χ2n) is 7.90. The van der Waals surface area contributed by atoms with Crippen molar-refractivity contribution in [2.24, 2.45) is 10.8 Å². The van der Waals surface area contributed by atoms with Gasteiger partial charge < -0.3 is 9.47 Å². The van der Waals surface area contributed by atoms with E-state index < -0.39 is 20.5 Å². The van der Waals surface area contributed by atoms with Crippen LogP contribution in [0.2, 0.25) is 0 Å². The SMILES string of the molecule is CCOCC(Oc1ccccc1)(C(C)(C)CC(C)(C)C)S(=O)(=O)O.[Na+]. The standard InChI is InChI=1S/C18H30O5S.Na/c1-7-22-14-18(24(19,20)21,17(5,6)13-16(2,3)4)23-15-11-9-8-10-12-15;/h8-12H,7,13-14H2,1-6H3,(H,19,20,21);/q;+1. The van der Waals surface area contributed by atoms with Gasteiger partial charge in [0.25, 0.3) is 4.93 Å². The first-order valence-corrected chi connectivity index (χ1v) is 9.57. The molecule has 1 aromatic rings.